The normalized spacial score (nSPS) is 12.5. The molecule has 0 aliphatic carbocycles. The van der Waals surface area contributed by atoms with Crippen LogP contribution in [0.3, 0.4) is 0 Å². The van der Waals surface area contributed by atoms with Gasteiger partial charge in [-0.1, -0.05) is 47.1 Å². The third kappa shape index (κ3) is 4.32. The molecule has 0 bridgehead atoms. The molecule has 1 atom stereocenters. The number of benzene rings is 2. The number of ether oxygens (including phenoxy) is 1. The quantitative estimate of drug-likeness (QED) is 0.640. The van der Waals surface area contributed by atoms with Crippen LogP contribution in [0.1, 0.15) is 0 Å². The van der Waals surface area contributed by atoms with E-state index in [1.165, 1.54) is 11.8 Å². The second kappa shape index (κ2) is 7.45. The summed E-state index contributed by atoms with van der Waals surface area (Å²) in [5, 5.41) is 11.5. The van der Waals surface area contributed by atoms with Crippen molar-refractivity contribution in [2.75, 3.05) is 12.4 Å². The van der Waals surface area contributed by atoms with Crippen molar-refractivity contribution in [3.8, 4) is 5.75 Å². The minimum Gasteiger partial charge on any atom is -0.489 e. The molecule has 7 heteroatoms. The second-order valence-corrected chi connectivity index (χ2v) is 6.61. The Labute approximate surface area is 147 Å². The molecular formula is C16H13Cl2NO3S. The van der Waals surface area contributed by atoms with Crippen molar-refractivity contribution in [3.05, 3.63) is 52.5 Å². The summed E-state index contributed by atoms with van der Waals surface area (Å²) in [7, 11) is 0. The molecule has 0 radical (unpaired) electrons. The van der Waals surface area contributed by atoms with Crippen molar-refractivity contribution in [3.63, 3.8) is 0 Å². The highest BCUT2D eigenvalue weighted by atomic mass is 35.5. The zero-order valence-electron chi connectivity index (χ0n) is 11.9. The minimum atomic E-state index is -0.679. The van der Waals surface area contributed by atoms with Crippen molar-refractivity contribution >= 4 is 46.1 Å². The molecule has 2 aromatic carbocycles. The zero-order chi connectivity index (χ0) is 16.2. The first-order chi connectivity index (χ1) is 11.1. The third-order valence-corrected chi connectivity index (χ3v) is 4.50. The molecule has 0 fully saturated rings. The Hall–Kier alpha value is -1.40. The van der Waals surface area contributed by atoms with E-state index < -0.39 is 6.10 Å². The number of para-hydroxylation sites is 2. The van der Waals surface area contributed by atoms with E-state index in [0.29, 0.717) is 26.8 Å². The van der Waals surface area contributed by atoms with Crippen molar-refractivity contribution in [2.45, 2.75) is 11.3 Å². The van der Waals surface area contributed by atoms with E-state index in [4.69, 9.17) is 32.4 Å². The first-order valence-electron chi connectivity index (χ1n) is 6.86. The van der Waals surface area contributed by atoms with Crippen LogP contribution in [0.2, 0.25) is 10.0 Å². The van der Waals surface area contributed by atoms with Gasteiger partial charge in [-0.3, -0.25) is 0 Å². The van der Waals surface area contributed by atoms with Crippen LogP contribution in [0.5, 0.6) is 5.75 Å². The van der Waals surface area contributed by atoms with Gasteiger partial charge in [0.25, 0.3) is 5.22 Å². The van der Waals surface area contributed by atoms with E-state index in [1.807, 2.05) is 24.3 Å². The van der Waals surface area contributed by atoms with E-state index in [-0.39, 0.29) is 6.61 Å². The van der Waals surface area contributed by atoms with Crippen molar-refractivity contribution in [1.29, 1.82) is 0 Å². The molecule has 0 aliphatic rings. The monoisotopic (exact) mass is 369 g/mol. The molecular weight excluding hydrogens is 357 g/mol. The molecule has 0 unspecified atom stereocenters. The number of hydrogen-bond acceptors (Lipinski definition) is 5. The Bertz CT molecular complexity index is 776. The number of aromatic nitrogens is 1. The molecule has 0 amide bonds. The van der Waals surface area contributed by atoms with Gasteiger partial charge in [0.05, 0.1) is 11.1 Å². The van der Waals surface area contributed by atoms with E-state index in [0.717, 1.165) is 11.1 Å². The molecule has 3 rings (SSSR count). The third-order valence-electron chi connectivity index (χ3n) is 3.00. The minimum absolute atomic E-state index is 0.120. The maximum Gasteiger partial charge on any atom is 0.256 e. The van der Waals surface area contributed by atoms with Crippen LogP contribution in [0.15, 0.2) is 52.1 Å². The standard InChI is InChI=1S/C16H13Cl2NO3S/c17-10-5-6-14(12(18)7-10)21-8-11(20)9-23-16-19-13-3-1-2-4-15(13)22-16/h1-7,11,20H,8-9H2/t11-/m0/s1. The number of halogens is 2. The summed E-state index contributed by atoms with van der Waals surface area (Å²) in [5.41, 5.74) is 1.53. The number of fused-ring (bicyclic) bond motifs is 1. The highest BCUT2D eigenvalue weighted by molar-refractivity contribution is 7.99. The van der Waals surface area contributed by atoms with Gasteiger partial charge >= 0.3 is 0 Å². The summed E-state index contributed by atoms with van der Waals surface area (Å²) < 4.78 is 11.1. The van der Waals surface area contributed by atoms with Gasteiger partial charge in [0.1, 0.15) is 17.9 Å². The molecule has 0 aliphatic heterocycles. The van der Waals surface area contributed by atoms with E-state index in [9.17, 15) is 5.11 Å². The average molecular weight is 370 g/mol. The van der Waals surface area contributed by atoms with Crippen molar-refractivity contribution in [1.82, 2.24) is 4.98 Å². The Morgan fingerprint density at radius 1 is 1.22 bits per heavy atom. The smallest absolute Gasteiger partial charge is 0.256 e. The number of aliphatic hydroxyl groups excluding tert-OH is 1. The molecule has 4 nitrogen and oxygen atoms in total. The van der Waals surface area contributed by atoms with Gasteiger partial charge < -0.3 is 14.3 Å². The summed E-state index contributed by atoms with van der Waals surface area (Å²) in [5.74, 6) is 0.889. The summed E-state index contributed by atoms with van der Waals surface area (Å²) in [4.78, 5) is 4.34. The molecule has 1 N–H and O–H groups in total. The molecule has 0 saturated heterocycles. The average Bonchev–Trinajstić information content (AvgIpc) is 2.95. The SMILES string of the molecule is O[C@@H](COc1ccc(Cl)cc1Cl)CSc1nc2ccccc2o1. The zero-order valence-corrected chi connectivity index (χ0v) is 14.2. The molecule has 120 valence electrons. The van der Waals surface area contributed by atoms with Gasteiger partial charge in [0.15, 0.2) is 5.58 Å². The number of thioether (sulfide) groups is 1. The Balaban J connectivity index is 1.52. The fraction of sp³-hybridized carbons (Fsp3) is 0.188. The van der Waals surface area contributed by atoms with Crippen LogP contribution in [0, 0.1) is 0 Å². The fourth-order valence-corrected chi connectivity index (χ4v) is 3.11. The van der Waals surface area contributed by atoms with Crippen LogP contribution in [0.25, 0.3) is 11.1 Å². The van der Waals surface area contributed by atoms with Crippen LogP contribution >= 0.6 is 35.0 Å². The Morgan fingerprint density at radius 3 is 2.83 bits per heavy atom. The van der Waals surface area contributed by atoms with Gasteiger partial charge in [-0.15, -0.1) is 0 Å². The topological polar surface area (TPSA) is 55.5 Å². The van der Waals surface area contributed by atoms with Gasteiger partial charge in [0, 0.05) is 10.8 Å². The van der Waals surface area contributed by atoms with Crippen molar-refractivity contribution < 1.29 is 14.3 Å². The maximum atomic E-state index is 10.0. The summed E-state index contributed by atoms with van der Waals surface area (Å²) in [6.07, 6.45) is -0.679. The lowest BCUT2D eigenvalue weighted by Gasteiger charge is -2.12. The predicted molar refractivity (Wildman–Crippen MR) is 92.7 cm³/mol. The van der Waals surface area contributed by atoms with Crippen LogP contribution < -0.4 is 4.74 Å². The van der Waals surface area contributed by atoms with Gasteiger partial charge in [-0.05, 0) is 30.3 Å². The summed E-state index contributed by atoms with van der Waals surface area (Å²) >= 11 is 13.2. The highest BCUT2D eigenvalue weighted by Gasteiger charge is 2.12. The molecule has 0 spiro atoms. The molecule has 3 aromatic rings. The van der Waals surface area contributed by atoms with Gasteiger partial charge in [0.2, 0.25) is 0 Å². The second-order valence-electron chi connectivity index (χ2n) is 4.80. The van der Waals surface area contributed by atoms with Gasteiger partial charge in [-0.25, -0.2) is 4.98 Å². The molecule has 23 heavy (non-hydrogen) atoms. The van der Waals surface area contributed by atoms with Gasteiger partial charge in [-0.2, -0.15) is 0 Å². The largest absolute Gasteiger partial charge is 0.489 e. The molecule has 1 heterocycles. The van der Waals surface area contributed by atoms with Crippen LogP contribution in [-0.2, 0) is 0 Å². The lowest BCUT2D eigenvalue weighted by atomic mass is 10.3. The van der Waals surface area contributed by atoms with Crippen LogP contribution in [-0.4, -0.2) is 28.6 Å². The fourth-order valence-electron chi connectivity index (χ4n) is 1.91. The highest BCUT2D eigenvalue weighted by Crippen LogP contribution is 2.28. The van der Waals surface area contributed by atoms with E-state index >= 15 is 0 Å². The molecule has 1 aromatic heterocycles. The number of hydrogen-bond donors (Lipinski definition) is 1. The predicted octanol–water partition coefficient (Wildman–Crippen LogP) is 4.67. The van der Waals surface area contributed by atoms with Crippen LogP contribution in [0.4, 0.5) is 0 Å². The van der Waals surface area contributed by atoms with E-state index in [2.05, 4.69) is 4.98 Å². The number of oxazole rings is 1. The number of aliphatic hydroxyl groups is 1. The summed E-state index contributed by atoms with van der Waals surface area (Å²) in [6.45, 7) is 0.120. The lowest BCUT2D eigenvalue weighted by Crippen LogP contribution is -2.20. The molecule has 0 saturated carbocycles. The van der Waals surface area contributed by atoms with E-state index in [1.54, 1.807) is 18.2 Å². The Morgan fingerprint density at radius 2 is 2.04 bits per heavy atom. The maximum absolute atomic E-state index is 10.0. The number of rotatable bonds is 6. The number of nitrogens with zero attached hydrogens (tertiary/aromatic N) is 1. The van der Waals surface area contributed by atoms with Crippen molar-refractivity contribution in [2.24, 2.45) is 0 Å². The lowest BCUT2D eigenvalue weighted by molar-refractivity contribution is 0.126. The first-order valence-corrected chi connectivity index (χ1v) is 8.60. The first kappa shape index (κ1) is 16.5. The summed E-state index contributed by atoms with van der Waals surface area (Å²) in [6, 6.07) is 12.5. The Kier molecular flexibility index (Phi) is 5.33.